The van der Waals surface area contributed by atoms with Crippen molar-refractivity contribution < 1.29 is 14.6 Å². The molecule has 6 heteroatoms. The summed E-state index contributed by atoms with van der Waals surface area (Å²) in [6.07, 6.45) is 0.405. The topological polar surface area (TPSA) is 58.6 Å². The summed E-state index contributed by atoms with van der Waals surface area (Å²) in [5, 5.41) is 12.9. The number of benzene rings is 2. The van der Waals surface area contributed by atoms with Gasteiger partial charge < -0.3 is 15.2 Å². The molecule has 0 aliphatic carbocycles. The quantitative estimate of drug-likeness (QED) is 0.794. The number of carboxylic acids is 1. The van der Waals surface area contributed by atoms with Gasteiger partial charge in [0.05, 0.1) is 0 Å². The average molecular weight is 354 g/mol. The number of carboxylic acid groups (broad SMARTS) is 1. The van der Waals surface area contributed by atoms with Crippen molar-refractivity contribution in [3.63, 3.8) is 0 Å². The van der Waals surface area contributed by atoms with Crippen molar-refractivity contribution in [2.24, 2.45) is 0 Å². The molecule has 0 aliphatic heterocycles. The van der Waals surface area contributed by atoms with Gasteiger partial charge in [0.2, 0.25) is 0 Å². The van der Waals surface area contributed by atoms with Crippen molar-refractivity contribution in [3.05, 3.63) is 63.6 Å². The maximum absolute atomic E-state index is 11.0. The first kappa shape index (κ1) is 17.6. The minimum absolute atomic E-state index is 0.270. The van der Waals surface area contributed by atoms with Gasteiger partial charge in [-0.15, -0.1) is 0 Å². The highest BCUT2D eigenvalue weighted by Gasteiger charge is 2.15. The summed E-state index contributed by atoms with van der Waals surface area (Å²) in [5.41, 5.74) is 1.65. The predicted molar refractivity (Wildman–Crippen MR) is 91.4 cm³/mol. The molecular weight excluding hydrogens is 337 g/mol. The second-order valence-corrected chi connectivity index (χ2v) is 5.83. The molecule has 2 N–H and O–H groups in total. The van der Waals surface area contributed by atoms with Crippen molar-refractivity contribution in [1.29, 1.82) is 0 Å². The summed E-state index contributed by atoms with van der Waals surface area (Å²) in [7, 11) is 1.63. The molecule has 0 saturated carbocycles. The molecule has 1 atom stereocenters. The number of hydrogen-bond donors (Lipinski definition) is 2. The molecule has 0 amide bonds. The molecule has 2 aromatic carbocycles. The highest BCUT2D eigenvalue weighted by Crippen LogP contribution is 2.26. The largest absolute Gasteiger partial charge is 0.489 e. The van der Waals surface area contributed by atoms with E-state index in [0.717, 1.165) is 11.1 Å². The second kappa shape index (κ2) is 8.20. The number of halogens is 2. The normalized spacial score (nSPS) is 12.0. The fraction of sp³-hybridized carbons (Fsp3) is 0.235. The van der Waals surface area contributed by atoms with E-state index < -0.39 is 12.0 Å². The highest BCUT2D eigenvalue weighted by molar-refractivity contribution is 6.35. The lowest BCUT2D eigenvalue weighted by Gasteiger charge is -2.12. The molecule has 2 aromatic rings. The van der Waals surface area contributed by atoms with Crippen LogP contribution in [0.25, 0.3) is 0 Å². The molecular formula is C17H17Cl2NO3. The Bertz CT molecular complexity index is 654. The first-order valence-electron chi connectivity index (χ1n) is 7.06. The Morgan fingerprint density at radius 2 is 1.78 bits per heavy atom. The Hall–Kier alpha value is -1.75. The molecule has 23 heavy (non-hydrogen) atoms. The van der Waals surface area contributed by atoms with Crippen LogP contribution in [-0.2, 0) is 17.8 Å². The van der Waals surface area contributed by atoms with Gasteiger partial charge in [-0.25, -0.2) is 0 Å². The molecule has 1 unspecified atom stereocenters. The third kappa shape index (κ3) is 4.86. The molecule has 0 fully saturated rings. The van der Waals surface area contributed by atoms with Crippen molar-refractivity contribution in [2.75, 3.05) is 7.05 Å². The van der Waals surface area contributed by atoms with Crippen molar-refractivity contribution in [1.82, 2.24) is 5.32 Å². The molecule has 0 heterocycles. The van der Waals surface area contributed by atoms with Crippen LogP contribution in [0.2, 0.25) is 10.0 Å². The SMILES string of the molecule is CNC(Cc1ccc(OCc2c(Cl)cccc2Cl)cc1)C(=O)O. The molecule has 4 nitrogen and oxygen atoms in total. The average Bonchev–Trinajstić information content (AvgIpc) is 2.53. The van der Waals surface area contributed by atoms with Crippen LogP contribution < -0.4 is 10.1 Å². The summed E-state index contributed by atoms with van der Waals surface area (Å²) in [5.74, 6) is -0.206. The number of likely N-dealkylation sites (N-methyl/N-ethyl adjacent to an activating group) is 1. The molecule has 0 bridgehead atoms. The van der Waals surface area contributed by atoms with E-state index in [4.69, 9.17) is 33.0 Å². The number of ether oxygens (including phenoxy) is 1. The van der Waals surface area contributed by atoms with Gasteiger partial charge in [-0.1, -0.05) is 41.4 Å². The standard InChI is InChI=1S/C17H17Cl2NO3/c1-20-16(17(21)22)9-11-5-7-12(8-6-11)23-10-13-14(18)3-2-4-15(13)19/h2-8,16,20H,9-10H2,1H3,(H,21,22). The van der Waals surface area contributed by atoms with E-state index >= 15 is 0 Å². The molecule has 122 valence electrons. The van der Waals surface area contributed by atoms with E-state index in [-0.39, 0.29) is 6.61 Å². The molecule has 0 saturated heterocycles. The predicted octanol–water partition coefficient (Wildman–Crippen LogP) is 3.79. The van der Waals surface area contributed by atoms with Crippen LogP contribution in [-0.4, -0.2) is 24.2 Å². The minimum atomic E-state index is -0.874. The zero-order valence-corrected chi connectivity index (χ0v) is 14.1. The number of aliphatic carboxylic acids is 1. The number of nitrogens with one attached hydrogen (secondary N) is 1. The maximum Gasteiger partial charge on any atom is 0.321 e. The molecule has 0 radical (unpaired) electrons. The van der Waals surface area contributed by atoms with Gasteiger partial charge in [0.1, 0.15) is 18.4 Å². The van der Waals surface area contributed by atoms with E-state index in [1.807, 2.05) is 12.1 Å². The van der Waals surface area contributed by atoms with Gasteiger partial charge in [0.25, 0.3) is 0 Å². The van der Waals surface area contributed by atoms with Gasteiger partial charge in [0, 0.05) is 15.6 Å². The fourth-order valence-corrected chi connectivity index (χ4v) is 2.60. The smallest absolute Gasteiger partial charge is 0.321 e. The first-order valence-corrected chi connectivity index (χ1v) is 7.81. The summed E-state index contributed by atoms with van der Waals surface area (Å²) in [6.45, 7) is 0.270. The molecule has 0 aromatic heterocycles. The zero-order valence-electron chi connectivity index (χ0n) is 12.6. The zero-order chi connectivity index (χ0) is 16.8. The van der Waals surface area contributed by atoms with Gasteiger partial charge in [-0.2, -0.15) is 0 Å². The molecule has 0 aliphatic rings. The van der Waals surface area contributed by atoms with Gasteiger partial charge >= 0.3 is 5.97 Å². The lowest BCUT2D eigenvalue weighted by atomic mass is 10.1. The Labute approximate surface area is 145 Å². The van der Waals surface area contributed by atoms with Crippen LogP contribution in [0.1, 0.15) is 11.1 Å². The van der Waals surface area contributed by atoms with E-state index in [1.165, 1.54) is 0 Å². The number of carbonyl (C=O) groups is 1. The lowest BCUT2D eigenvalue weighted by Crippen LogP contribution is -2.35. The number of rotatable bonds is 7. The first-order chi connectivity index (χ1) is 11.0. The summed E-state index contributed by atoms with van der Waals surface area (Å²) in [4.78, 5) is 11.0. The molecule has 0 spiro atoms. The van der Waals surface area contributed by atoms with Crippen LogP contribution in [0.5, 0.6) is 5.75 Å². The Kier molecular flexibility index (Phi) is 6.28. The van der Waals surface area contributed by atoms with Crippen molar-refractivity contribution in [3.8, 4) is 5.75 Å². The van der Waals surface area contributed by atoms with Crippen LogP contribution >= 0.6 is 23.2 Å². The van der Waals surface area contributed by atoms with Crippen LogP contribution in [0.15, 0.2) is 42.5 Å². The van der Waals surface area contributed by atoms with Crippen molar-refractivity contribution >= 4 is 29.2 Å². The monoisotopic (exact) mass is 353 g/mol. The maximum atomic E-state index is 11.0. The lowest BCUT2D eigenvalue weighted by molar-refractivity contribution is -0.139. The van der Waals surface area contributed by atoms with E-state index in [0.29, 0.717) is 22.2 Å². The van der Waals surface area contributed by atoms with Crippen LogP contribution in [0, 0.1) is 0 Å². The third-order valence-corrected chi connectivity index (χ3v) is 4.16. The van der Waals surface area contributed by atoms with E-state index in [2.05, 4.69) is 5.32 Å². The summed E-state index contributed by atoms with van der Waals surface area (Å²) >= 11 is 12.2. The highest BCUT2D eigenvalue weighted by atomic mass is 35.5. The Balaban J connectivity index is 1.99. The number of hydrogen-bond acceptors (Lipinski definition) is 3. The fourth-order valence-electron chi connectivity index (χ4n) is 2.10. The third-order valence-electron chi connectivity index (χ3n) is 3.45. The summed E-state index contributed by atoms with van der Waals surface area (Å²) < 4.78 is 5.69. The van der Waals surface area contributed by atoms with E-state index in [1.54, 1.807) is 37.4 Å². The van der Waals surface area contributed by atoms with Gasteiger partial charge in [0.15, 0.2) is 0 Å². The summed E-state index contributed by atoms with van der Waals surface area (Å²) in [6, 6.07) is 12.0. The van der Waals surface area contributed by atoms with Gasteiger partial charge in [-0.3, -0.25) is 4.79 Å². The molecule has 2 rings (SSSR count). The van der Waals surface area contributed by atoms with Crippen LogP contribution in [0.4, 0.5) is 0 Å². The Morgan fingerprint density at radius 1 is 1.17 bits per heavy atom. The Morgan fingerprint density at radius 3 is 2.30 bits per heavy atom. The van der Waals surface area contributed by atoms with Crippen molar-refractivity contribution in [2.45, 2.75) is 19.1 Å². The van der Waals surface area contributed by atoms with Crippen LogP contribution in [0.3, 0.4) is 0 Å². The van der Waals surface area contributed by atoms with E-state index in [9.17, 15) is 4.79 Å². The second-order valence-electron chi connectivity index (χ2n) is 5.02. The minimum Gasteiger partial charge on any atom is -0.489 e. The van der Waals surface area contributed by atoms with Gasteiger partial charge in [-0.05, 0) is 43.3 Å².